The van der Waals surface area contributed by atoms with Gasteiger partial charge in [-0.1, -0.05) is 90.6 Å². The number of rotatable bonds is 18. The molecule has 0 radical (unpaired) electrons. The number of unbranched alkanes of at least 4 members (excludes halogenated alkanes) is 12. The Labute approximate surface area is 153 Å². The lowest BCUT2D eigenvalue weighted by Gasteiger charge is -2.37. The van der Waals surface area contributed by atoms with E-state index < -0.39 is 0 Å². The van der Waals surface area contributed by atoms with Crippen LogP contribution in [0.2, 0.25) is 0 Å². The molecule has 0 fully saturated rings. The fourth-order valence-corrected chi connectivity index (χ4v) is 3.41. The maximum Gasteiger partial charge on any atom is 0.140 e. The summed E-state index contributed by atoms with van der Waals surface area (Å²) < 4.78 is 5.96. The maximum atomic E-state index is 5.96. The molecule has 0 N–H and O–H groups in total. The molecule has 0 aromatic carbocycles. The highest BCUT2D eigenvalue weighted by Gasteiger charge is 2.28. The summed E-state index contributed by atoms with van der Waals surface area (Å²) in [6.45, 7) is 9.07. The lowest BCUT2D eigenvalue weighted by atomic mass is 10.0. The molecule has 0 saturated heterocycles. The summed E-state index contributed by atoms with van der Waals surface area (Å²) in [5.74, 6) is 0. The molecule has 2 nitrogen and oxygen atoms in total. The Morgan fingerprint density at radius 1 is 0.750 bits per heavy atom. The second-order valence-corrected chi connectivity index (χ2v) is 7.37. The first-order valence-corrected chi connectivity index (χ1v) is 10.6. The monoisotopic (exact) mass is 339 g/mol. The lowest BCUT2D eigenvalue weighted by Crippen LogP contribution is -2.44. The van der Waals surface area contributed by atoms with Crippen LogP contribution in [-0.4, -0.2) is 31.3 Å². The summed E-state index contributed by atoms with van der Waals surface area (Å²) >= 11 is 0. The molecule has 0 spiro atoms. The molecule has 0 aromatic rings. The van der Waals surface area contributed by atoms with Crippen LogP contribution in [-0.2, 0) is 4.74 Å². The van der Waals surface area contributed by atoms with Crippen LogP contribution in [0.25, 0.3) is 0 Å². The molecule has 24 heavy (non-hydrogen) atoms. The minimum atomic E-state index is -0.271. The van der Waals surface area contributed by atoms with Crippen molar-refractivity contribution in [3.63, 3.8) is 0 Å². The first kappa shape index (κ1) is 23.7. The predicted molar refractivity (Wildman–Crippen MR) is 109 cm³/mol. The molecule has 0 amide bonds. The number of likely N-dealkylation sites (N-methyl/N-ethyl adjacent to an activating group) is 1. The molecule has 1 atom stereocenters. The smallest absolute Gasteiger partial charge is 0.140 e. The van der Waals surface area contributed by atoms with Crippen LogP contribution in [0, 0.1) is 0 Å². The Hall–Kier alpha value is -0.340. The van der Waals surface area contributed by atoms with E-state index in [9.17, 15) is 0 Å². The average Bonchev–Trinajstić information content (AvgIpc) is 2.57. The van der Waals surface area contributed by atoms with Crippen molar-refractivity contribution < 1.29 is 4.74 Å². The first-order chi connectivity index (χ1) is 11.6. The van der Waals surface area contributed by atoms with Gasteiger partial charge in [0, 0.05) is 6.61 Å². The van der Waals surface area contributed by atoms with Crippen LogP contribution in [0.1, 0.15) is 104 Å². The second kappa shape index (κ2) is 16.1. The van der Waals surface area contributed by atoms with Crippen molar-refractivity contribution in [1.82, 2.24) is 4.90 Å². The Morgan fingerprint density at radius 3 is 1.50 bits per heavy atom. The zero-order chi connectivity index (χ0) is 18.1. The zero-order valence-electron chi connectivity index (χ0n) is 17.2. The van der Waals surface area contributed by atoms with E-state index in [2.05, 4.69) is 39.4 Å². The van der Waals surface area contributed by atoms with E-state index in [0.29, 0.717) is 0 Å². The largest absolute Gasteiger partial charge is 0.357 e. The van der Waals surface area contributed by atoms with Crippen molar-refractivity contribution in [2.24, 2.45) is 0 Å². The van der Waals surface area contributed by atoms with Gasteiger partial charge >= 0.3 is 0 Å². The first-order valence-electron chi connectivity index (χ1n) is 10.6. The third-order valence-corrected chi connectivity index (χ3v) is 5.11. The van der Waals surface area contributed by atoms with E-state index in [1.807, 2.05) is 6.08 Å². The van der Waals surface area contributed by atoms with Crippen LogP contribution in [0.15, 0.2) is 12.7 Å². The average molecular weight is 340 g/mol. The summed E-state index contributed by atoms with van der Waals surface area (Å²) in [6, 6.07) is 0. The van der Waals surface area contributed by atoms with Gasteiger partial charge in [0.1, 0.15) is 5.72 Å². The van der Waals surface area contributed by atoms with E-state index in [0.717, 1.165) is 13.0 Å². The van der Waals surface area contributed by atoms with Gasteiger partial charge in [-0.15, -0.1) is 0 Å². The van der Waals surface area contributed by atoms with Crippen molar-refractivity contribution in [3.8, 4) is 0 Å². The number of hydrogen-bond acceptors (Lipinski definition) is 2. The van der Waals surface area contributed by atoms with E-state index in [4.69, 9.17) is 4.74 Å². The van der Waals surface area contributed by atoms with Crippen LogP contribution >= 0.6 is 0 Å². The van der Waals surface area contributed by atoms with Gasteiger partial charge in [0.2, 0.25) is 0 Å². The fourth-order valence-electron chi connectivity index (χ4n) is 3.41. The summed E-state index contributed by atoms with van der Waals surface area (Å²) in [5, 5.41) is 0. The minimum absolute atomic E-state index is 0.271. The van der Waals surface area contributed by atoms with Crippen molar-refractivity contribution in [2.75, 3.05) is 20.7 Å². The van der Waals surface area contributed by atoms with Gasteiger partial charge in [0.15, 0.2) is 0 Å². The van der Waals surface area contributed by atoms with Gasteiger partial charge in [0.25, 0.3) is 0 Å². The van der Waals surface area contributed by atoms with Crippen LogP contribution in [0.5, 0.6) is 0 Å². The predicted octanol–water partition coefficient (Wildman–Crippen LogP) is 6.95. The zero-order valence-corrected chi connectivity index (χ0v) is 17.2. The summed E-state index contributed by atoms with van der Waals surface area (Å²) in [7, 11) is 4.17. The molecule has 144 valence electrons. The fraction of sp³-hybridized carbons (Fsp3) is 0.909. The van der Waals surface area contributed by atoms with Crippen molar-refractivity contribution in [2.45, 2.75) is 109 Å². The van der Waals surface area contributed by atoms with Crippen LogP contribution in [0.3, 0.4) is 0 Å². The Bertz CT molecular complexity index is 277. The lowest BCUT2D eigenvalue weighted by molar-refractivity contribution is -0.103. The Morgan fingerprint density at radius 2 is 1.17 bits per heavy atom. The van der Waals surface area contributed by atoms with Crippen molar-refractivity contribution >= 4 is 0 Å². The van der Waals surface area contributed by atoms with Gasteiger partial charge in [0.05, 0.1) is 0 Å². The summed E-state index contributed by atoms with van der Waals surface area (Å²) in [5.41, 5.74) is -0.271. The second-order valence-electron chi connectivity index (χ2n) is 7.37. The molecular formula is C22H45NO. The molecule has 0 aliphatic rings. The number of ether oxygens (including phenoxy) is 1. The molecule has 2 heteroatoms. The molecule has 0 aromatic heterocycles. The number of nitrogens with zero attached hydrogens (tertiary/aromatic N) is 1. The van der Waals surface area contributed by atoms with Crippen LogP contribution in [0.4, 0.5) is 0 Å². The number of hydrogen-bond donors (Lipinski definition) is 0. The third kappa shape index (κ3) is 11.3. The highest BCUT2D eigenvalue weighted by Crippen LogP contribution is 2.24. The topological polar surface area (TPSA) is 12.5 Å². The summed E-state index contributed by atoms with van der Waals surface area (Å²) in [4.78, 5) is 2.16. The van der Waals surface area contributed by atoms with E-state index in [1.165, 1.54) is 83.5 Å². The van der Waals surface area contributed by atoms with Crippen molar-refractivity contribution in [3.05, 3.63) is 12.7 Å². The molecule has 1 unspecified atom stereocenters. The van der Waals surface area contributed by atoms with Gasteiger partial charge in [-0.05, 0) is 39.9 Å². The van der Waals surface area contributed by atoms with Crippen molar-refractivity contribution in [1.29, 1.82) is 0 Å². The van der Waals surface area contributed by atoms with Gasteiger partial charge < -0.3 is 4.74 Å². The van der Waals surface area contributed by atoms with Gasteiger partial charge in [-0.3, -0.25) is 4.90 Å². The Kier molecular flexibility index (Phi) is 15.9. The molecule has 0 aliphatic heterocycles. The molecule has 0 saturated carbocycles. The van der Waals surface area contributed by atoms with E-state index >= 15 is 0 Å². The molecule has 0 rings (SSSR count). The Balaban J connectivity index is 3.51. The normalized spacial score (nSPS) is 14.0. The van der Waals surface area contributed by atoms with E-state index in [-0.39, 0.29) is 5.72 Å². The van der Waals surface area contributed by atoms with Crippen LogP contribution < -0.4 is 0 Å². The molecular weight excluding hydrogens is 294 g/mol. The van der Waals surface area contributed by atoms with E-state index in [1.54, 1.807) is 0 Å². The quantitative estimate of drug-likeness (QED) is 0.152. The maximum absolute atomic E-state index is 5.96. The molecule has 0 aliphatic carbocycles. The molecule has 0 bridgehead atoms. The van der Waals surface area contributed by atoms with Gasteiger partial charge in [-0.2, -0.15) is 0 Å². The highest BCUT2D eigenvalue weighted by molar-refractivity contribution is 4.95. The standard InChI is InChI=1S/C22H45NO/c1-6-9-10-11-12-13-14-15-16-17-18-19-20-21-22(7-2,23(4)5)24-8-3/h7H,2,6,8-21H2,1,3-5H3. The highest BCUT2D eigenvalue weighted by atomic mass is 16.5. The third-order valence-electron chi connectivity index (χ3n) is 5.11. The molecule has 0 heterocycles. The SMILES string of the molecule is C=CC(CCCCCCCCCCCCCCC)(OCC)N(C)C. The summed E-state index contributed by atoms with van der Waals surface area (Å²) in [6.07, 6.45) is 21.2. The minimum Gasteiger partial charge on any atom is -0.357 e. The van der Waals surface area contributed by atoms with Gasteiger partial charge in [-0.25, -0.2) is 0 Å².